The predicted octanol–water partition coefficient (Wildman–Crippen LogP) is 1.92. The topological polar surface area (TPSA) is 74.3 Å². The smallest absolute Gasteiger partial charge is 0.183 e. The molecule has 2 aromatic rings. The third kappa shape index (κ3) is 4.19. The number of carboxylic acids is 1. The maximum absolute atomic E-state index is 10.8. The first-order valence-electron chi connectivity index (χ1n) is 6.59. The van der Waals surface area contributed by atoms with E-state index in [-0.39, 0.29) is 4.88 Å². The van der Waals surface area contributed by atoms with Gasteiger partial charge in [0.15, 0.2) is 5.13 Å². The maximum Gasteiger partial charge on any atom is 0.183 e. The van der Waals surface area contributed by atoms with Crippen molar-refractivity contribution in [1.29, 1.82) is 0 Å². The van der Waals surface area contributed by atoms with Crippen molar-refractivity contribution in [1.82, 2.24) is 4.98 Å². The molecule has 0 atom stereocenters. The minimum atomic E-state index is -1.19. The first-order valence-corrected chi connectivity index (χ1v) is 7.41. The lowest BCUT2D eigenvalue weighted by Gasteiger charge is -2.08. The Labute approximate surface area is 127 Å². The van der Waals surface area contributed by atoms with Crippen LogP contribution in [0.15, 0.2) is 18.2 Å². The number of rotatable bonds is 6. The first-order chi connectivity index (χ1) is 9.95. The molecule has 1 aromatic carbocycles. The fourth-order valence-electron chi connectivity index (χ4n) is 2.00. The quantitative estimate of drug-likeness (QED) is 0.825. The summed E-state index contributed by atoms with van der Waals surface area (Å²) in [5.74, 6) is -0.357. The summed E-state index contributed by atoms with van der Waals surface area (Å²) in [5, 5.41) is 14.4. The molecule has 1 heterocycles. The molecule has 112 valence electrons. The number of thiazole rings is 1. The van der Waals surface area contributed by atoms with Gasteiger partial charge in [0.05, 0.1) is 23.1 Å². The zero-order chi connectivity index (χ0) is 15.4. The largest absolute Gasteiger partial charge is 0.544 e. The third-order valence-corrected chi connectivity index (χ3v) is 3.92. The minimum Gasteiger partial charge on any atom is -0.544 e. The van der Waals surface area contributed by atoms with Gasteiger partial charge in [0, 0.05) is 0 Å². The Morgan fingerprint density at radius 3 is 2.52 bits per heavy atom. The molecule has 0 bridgehead atoms. The highest BCUT2D eigenvalue weighted by molar-refractivity contribution is 7.17. The Bertz CT molecular complexity index is 632. The molecule has 0 unspecified atom stereocenters. The Morgan fingerprint density at radius 1 is 1.29 bits per heavy atom. The van der Waals surface area contributed by atoms with Crippen molar-refractivity contribution < 1.29 is 14.6 Å². The summed E-state index contributed by atoms with van der Waals surface area (Å²) in [6.07, 6.45) is 0. The van der Waals surface area contributed by atoms with Gasteiger partial charge in [-0.1, -0.05) is 17.4 Å². The lowest BCUT2D eigenvalue weighted by molar-refractivity contribution is -0.254. The molecule has 0 amide bonds. The van der Waals surface area contributed by atoms with Crippen LogP contribution >= 0.6 is 11.3 Å². The molecule has 6 heteroatoms. The molecule has 0 saturated carbocycles. The van der Waals surface area contributed by atoms with Crippen LogP contribution in [-0.2, 0) is 0 Å². The normalized spacial score (nSPS) is 10.4. The molecule has 0 fully saturated rings. The van der Waals surface area contributed by atoms with Gasteiger partial charge in [0.25, 0.3) is 0 Å². The molecular formula is C15H17N2O3S-. The Morgan fingerprint density at radius 2 is 1.95 bits per heavy atom. The van der Waals surface area contributed by atoms with Crippen LogP contribution in [0.3, 0.4) is 0 Å². The van der Waals surface area contributed by atoms with Crippen molar-refractivity contribution in [3.05, 3.63) is 39.9 Å². The molecule has 0 saturated heterocycles. The second-order valence-corrected chi connectivity index (χ2v) is 5.82. The zero-order valence-electron chi connectivity index (χ0n) is 12.2. The van der Waals surface area contributed by atoms with E-state index in [0.29, 0.717) is 24.0 Å². The van der Waals surface area contributed by atoms with Gasteiger partial charge in [-0.2, -0.15) is 0 Å². The van der Waals surface area contributed by atoms with E-state index >= 15 is 0 Å². The Kier molecular flexibility index (Phi) is 4.80. The highest BCUT2D eigenvalue weighted by Crippen LogP contribution is 2.21. The molecule has 0 aliphatic carbocycles. The van der Waals surface area contributed by atoms with Gasteiger partial charge in [0.2, 0.25) is 0 Å². The molecule has 0 aliphatic heterocycles. The maximum atomic E-state index is 10.8. The summed E-state index contributed by atoms with van der Waals surface area (Å²) >= 11 is 1.08. The van der Waals surface area contributed by atoms with Crippen LogP contribution in [0.25, 0.3) is 0 Å². The molecule has 2 rings (SSSR count). The Hall–Kier alpha value is -2.08. The average molecular weight is 305 g/mol. The van der Waals surface area contributed by atoms with E-state index < -0.39 is 5.97 Å². The van der Waals surface area contributed by atoms with Gasteiger partial charge < -0.3 is 20.0 Å². The van der Waals surface area contributed by atoms with E-state index in [9.17, 15) is 9.90 Å². The van der Waals surface area contributed by atoms with Crippen molar-refractivity contribution >= 4 is 22.4 Å². The van der Waals surface area contributed by atoms with E-state index in [1.807, 2.05) is 26.0 Å². The van der Waals surface area contributed by atoms with Crippen molar-refractivity contribution in [3.8, 4) is 5.75 Å². The van der Waals surface area contributed by atoms with Gasteiger partial charge in [-0.15, -0.1) is 0 Å². The van der Waals surface area contributed by atoms with E-state index in [1.165, 1.54) is 0 Å². The van der Waals surface area contributed by atoms with E-state index in [2.05, 4.69) is 16.4 Å². The fraction of sp³-hybridized carbons (Fsp3) is 0.333. The summed E-state index contributed by atoms with van der Waals surface area (Å²) in [4.78, 5) is 15.1. The summed E-state index contributed by atoms with van der Waals surface area (Å²) in [6.45, 7) is 6.73. The molecule has 1 N–H and O–H groups in total. The molecule has 0 aliphatic rings. The number of aryl methyl sites for hydroxylation is 3. The van der Waals surface area contributed by atoms with Crippen molar-refractivity contribution in [2.24, 2.45) is 0 Å². The monoisotopic (exact) mass is 305 g/mol. The number of nitrogens with one attached hydrogen (secondary N) is 1. The SMILES string of the molecule is Cc1cc(C)cc(OCCNc2nc(C)c(C(=O)[O-])s2)c1. The van der Waals surface area contributed by atoms with Crippen LogP contribution in [0.5, 0.6) is 5.75 Å². The van der Waals surface area contributed by atoms with Crippen LogP contribution in [0.1, 0.15) is 26.5 Å². The van der Waals surface area contributed by atoms with Crippen LogP contribution in [-0.4, -0.2) is 24.1 Å². The number of nitrogens with zero attached hydrogens (tertiary/aromatic N) is 1. The first kappa shape index (κ1) is 15.3. The van der Waals surface area contributed by atoms with Crippen molar-refractivity contribution in [3.63, 3.8) is 0 Å². The summed E-state index contributed by atoms with van der Waals surface area (Å²) in [5.41, 5.74) is 2.79. The zero-order valence-corrected chi connectivity index (χ0v) is 13.0. The number of carbonyl (C=O) groups excluding carboxylic acids is 1. The number of aromatic carboxylic acids is 1. The summed E-state index contributed by atoms with van der Waals surface area (Å²) in [7, 11) is 0. The molecule has 0 spiro atoms. The number of benzene rings is 1. The molecule has 1 aromatic heterocycles. The molecular weight excluding hydrogens is 288 g/mol. The van der Waals surface area contributed by atoms with Gasteiger partial charge in [-0.3, -0.25) is 0 Å². The lowest BCUT2D eigenvalue weighted by Crippen LogP contribution is -2.21. The fourth-order valence-corrected chi connectivity index (χ4v) is 2.83. The van der Waals surface area contributed by atoms with Gasteiger partial charge in [-0.05, 0) is 44.0 Å². The summed E-state index contributed by atoms with van der Waals surface area (Å²) < 4.78 is 5.66. The third-order valence-electron chi connectivity index (χ3n) is 2.82. The van der Waals surface area contributed by atoms with E-state index in [0.717, 1.165) is 28.2 Å². The highest BCUT2D eigenvalue weighted by atomic mass is 32.1. The van der Waals surface area contributed by atoms with Crippen LogP contribution in [0, 0.1) is 20.8 Å². The number of hydrogen-bond acceptors (Lipinski definition) is 6. The number of hydrogen-bond donors (Lipinski definition) is 1. The lowest BCUT2D eigenvalue weighted by atomic mass is 10.1. The average Bonchev–Trinajstić information content (AvgIpc) is 2.75. The second kappa shape index (κ2) is 6.58. The van der Waals surface area contributed by atoms with Gasteiger partial charge in [0.1, 0.15) is 12.4 Å². The second-order valence-electron chi connectivity index (χ2n) is 4.82. The molecule has 5 nitrogen and oxygen atoms in total. The minimum absolute atomic E-state index is 0.160. The standard InChI is InChI=1S/C15H18N2O3S/c1-9-6-10(2)8-12(7-9)20-5-4-16-15-17-11(3)13(21-15)14(18)19/h6-8H,4-5H2,1-3H3,(H,16,17)(H,18,19)/p-1. The van der Waals surface area contributed by atoms with Crippen LogP contribution in [0.2, 0.25) is 0 Å². The van der Waals surface area contributed by atoms with Crippen molar-refractivity contribution in [2.75, 3.05) is 18.5 Å². The number of carboxylic acid groups (broad SMARTS) is 1. The number of aromatic nitrogens is 1. The number of carbonyl (C=O) groups is 1. The van der Waals surface area contributed by atoms with E-state index in [1.54, 1.807) is 6.92 Å². The van der Waals surface area contributed by atoms with Gasteiger partial charge in [-0.25, -0.2) is 4.98 Å². The van der Waals surface area contributed by atoms with Crippen LogP contribution < -0.4 is 15.2 Å². The molecule has 0 radical (unpaired) electrons. The molecule has 21 heavy (non-hydrogen) atoms. The Balaban J connectivity index is 1.84. The van der Waals surface area contributed by atoms with E-state index in [4.69, 9.17) is 4.74 Å². The van der Waals surface area contributed by atoms with Crippen molar-refractivity contribution in [2.45, 2.75) is 20.8 Å². The predicted molar refractivity (Wildman–Crippen MR) is 81.1 cm³/mol. The van der Waals surface area contributed by atoms with Gasteiger partial charge >= 0.3 is 0 Å². The highest BCUT2D eigenvalue weighted by Gasteiger charge is 2.07. The number of anilines is 1. The number of ether oxygens (including phenoxy) is 1. The summed E-state index contributed by atoms with van der Waals surface area (Å²) in [6, 6.07) is 6.05. The van der Waals surface area contributed by atoms with Crippen LogP contribution in [0.4, 0.5) is 5.13 Å².